The van der Waals surface area contributed by atoms with Gasteiger partial charge in [-0.25, -0.2) is 9.97 Å². The maximum absolute atomic E-state index is 10.9. The molecule has 1 aliphatic heterocycles. The average Bonchev–Trinajstić information content (AvgIpc) is 2.87. The van der Waals surface area contributed by atoms with Crippen molar-refractivity contribution in [2.75, 3.05) is 0 Å². The lowest BCUT2D eigenvalue weighted by Gasteiger charge is -2.07. The minimum absolute atomic E-state index is 0.0280. The van der Waals surface area contributed by atoms with Crippen molar-refractivity contribution >= 4 is 29.1 Å². The van der Waals surface area contributed by atoms with E-state index < -0.39 is 4.92 Å². The molecule has 0 radical (unpaired) electrons. The zero-order valence-corrected chi connectivity index (χ0v) is 12.2. The lowest BCUT2D eigenvalue weighted by Crippen LogP contribution is -1.99. The van der Waals surface area contributed by atoms with Gasteiger partial charge in [0.25, 0.3) is 5.69 Å². The number of aromatic nitrogens is 2. The van der Waals surface area contributed by atoms with Crippen LogP contribution in [0.2, 0.25) is 5.15 Å². The highest BCUT2D eigenvalue weighted by Crippen LogP contribution is 2.35. The third kappa shape index (κ3) is 2.25. The van der Waals surface area contributed by atoms with Crippen molar-refractivity contribution in [1.82, 2.24) is 9.97 Å². The van der Waals surface area contributed by atoms with Gasteiger partial charge in [-0.05, 0) is 12.5 Å². The number of nitro benzene ring substituents is 1. The first-order valence-corrected chi connectivity index (χ1v) is 7.48. The predicted octanol–water partition coefficient (Wildman–Crippen LogP) is 3.76. The Bertz CT molecular complexity index is 721. The molecule has 0 aliphatic carbocycles. The number of nitro groups is 1. The lowest BCUT2D eigenvalue weighted by atomic mass is 10.1. The summed E-state index contributed by atoms with van der Waals surface area (Å²) in [7, 11) is 0. The van der Waals surface area contributed by atoms with Crippen molar-refractivity contribution in [2.45, 2.75) is 18.4 Å². The average molecular weight is 308 g/mol. The van der Waals surface area contributed by atoms with Gasteiger partial charge in [0.1, 0.15) is 5.15 Å². The van der Waals surface area contributed by atoms with E-state index in [-0.39, 0.29) is 5.69 Å². The normalized spacial score (nSPS) is 13.3. The van der Waals surface area contributed by atoms with Gasteiger partial charge in [0.2, 0.25) is 0 Å². The van der Waals surface area contributed by atoms with Crippen LogP contribution in [0.1, 0.15) is 16.8 Å². The van der Waals surface area contributed by atoms with Crippen LogP contribution in [0.3, 0.4) is 0 Å². The molecule has 2 aromatic rings. The van der Waals surface area contributed by atoms with Gasteiger partial charge < -0.3 is 0 Å². The molecule has 1 aromatic heterocycles. The van der Waals surface area contributed by atoms with E-state index in [2.05, 4.69) is 9.97 Å². The number of hydrogen-bond donors (Lipinski definition) is 0. The molecule has 1 aromatic carbocycles. The molecule has 0 saturated carbocycles. The van der Waals surface area contributed by atoms with Gasteiger partial charge >= 0.3 is 0 Å². The van der Waals surface area contributed by atoms with Crippen LogP contribution in [0.15, 0.2) is 18.2 Å². The first kappa shape index (κ1) is 13.3. The molecular weight excluding hydrogens is 298 g/mol. The quantitative estimate of drug-likeness (QED) is 0.480. The highest BCUT2D eigenvalue weighted by atomic mass is 35.5. The van der Waals surface area contributed by atoms with Crippen LogP contribution in [0.25, 0.3) is 11.4 Å². The fourth-order valence-corrected chi connectivity index (χ4v) is 3.47. The standard InChI is InChI=1S/C13H10ClN3O2S/c1-7-2-3-8(17(18)19)4-9(7)13-15-11-6-20-5-10(11)12(14)16-13/h2-4H,5-6H2,1H3. The molecular formula is C13H10ClN3O2S. The van der Waals surface area contributed by atoms with Gasteiger partial charge in [-0.3, -0.25) is 10.1 Å². The first-order valence-electron chi connectivity index (χ1n) is 5.94. The van der Waals surface area contributed by atoms with Crippen LogP contribution in [-0.4, -0.2) is 14.9 Å². The number of aryl methyl sites for hydroxylation is 1. The Morgan fingerprint density at radius 3 is 2.90 bits per heavy atom. The molecule has 5 nitrogen and oxygen atoms in total. The Hall–Kier alpha value is -1.66. The lowest BCUT2D eigenvalue weighted by molar-refractivity contribution is -0.384. The van der Waals surface area contributed by atoms with E-state index in [1.54, 1.807) is 17.8 Å². The number of thioether (sulfide) groups is 1. The molecule has 3 rings (SSSR count). The second kappa shape index (κ2) is 5.03. The number of halogens is 1. The van der Waals surface area contributed by atoms with Gasteiger partial charge in [-0.2, -0.15) is 11.8 Å². The summed E-state index contributed by atoms with van der Waals surface area (Å²) in [6, 6.07) is 4.67. The Morgan fingerprint density at radius 2 is 2.15 bits per heavy atom. The predicted molar refractivity (Wildman–Crippen MR) is 78.9 cm³/mol. The topological polar surface area (TPSA) is 68.9 Å². The Kier molecular flexibility index (Phi) is 3.35. The summed E-state index contributed by atoms with van der Waals surface area (Å²) >= 11 is 7.92. The molecule has 7 heteroatoms. The van der Waals surface area contributed by atoms with Crippen LogP contribution >= 0.6 is 23.4 Å². The zero-order valence-electron chi connectivity index (χ0n) is 10.6. The number of benzene rings is 1. The smallest absolute Gasteiger partial charge is 0.258 e. The fraction of sp³-hybridized carbons (Fsp3) is 0.231. The van der Waals surface area contributed by atoms with E-state index in [9.17, 15) is 10.1 Å². The number of hydrogen-bond acceptors (Lipinski definition) is 5. The molecule has 1 aliphatic rings. The molecule has 2 heterocycles. The van der Waals surface area contributed by atoms with Crippen LogP contribution < -0.4 is 0 Å². The summed E-state index contributed by atoms with van der Waals surface area (Å²) < 4.78 is 0. The molecule has 0 amide bonds. The number of rotatable bonds is 2. The monoisotopic (exact) mass is 307 g/mol. The molecule has 102 valence electrons. The minimum atomic E-state index is -0.423. The van der Waals surface area contributed by atoms with Crippen molar-refractivity contribution in [3.63, 3.8) is 0 Å². The molecule has 0 saturated heterocycles. The highest BCUT2D eigenvalue weighted by molar-refractivity contribution is 7.98. The summed E-state index contributed by atoms with van der Waals surface area (Å²) in [5.74, 6) is 2.08. The Morgan fingerprint density at radius 1 is 1.35 bits per heavy atom. The molecule has 0 spiro atoms. The SMILES string of the molecule is Cc1ccc([N+](=O)[O-])cc1-c1nc(Cl)c2c(n1)CSC2. The minimum Gasteiger partial charge on any atom is -0.258 e. The number of non-ortho nitro benzene ring substituents is 1. The van der Waals surface area contributed by atoms with Crippen LogP contribution in [0.5, 0.6) is 0 Å². The summed E-state index contributed by atoms with van der Waals surface area (Å²) in [5, 5.41) is 11.3. The molecule has 20 heavy (non-hydrogen) atoms. The zero-order chi connectivity index (χ0) is 14.3. The fourth-order valence-electron chi connectivity index (χ4n) is 2.10. The second-order valence-electron chi connectivity index (χ2n) is 4.51. The first-order chi connectivity index (χ1) is 9.56. The Labute approximate surface area is 124 Å². The van der Waals surface area contributed by atoms with E-state index in [0.717, 1.165) is 28.3 Å². The summed E-state index contributed by atoms with van der Waals surface area (Å²) in [4.78, 5) is 19.3. The number of fused-ring (bicyclic) bond motifs is 1. The van der Waals surface area contributed by atoms with Crippen molar-refractivity contribution in [1.29, 1.82) is 0 Å². The van der Waals surface area contributed by atoms with Crippen molar-refractivity contribution in [3.8, 4) is 11.4 Å². The Balaban J connectivity index is 2.16. The van der Waals surface area contributed by atoms with Gasteiger partial charge in [0, 0.05) is 34.8 Å². The second-order valence-corrected chi connectivity index (χ2v) is 5.86. The van der Waals surface area contributed by atoms with Crippen LogP contribution in [0.4, 0.5) is 5.69 Å². The van der Waals surface area contributed by atoms with Crippen molar-refractivity contribution < 1.29 is 4.92 Å². The number of nitrogens with zero attached hydrogens (tertiary/aromatic N) is 3. The van der Waals surface area contributed by atoms with Crippen molar-refractivity contribution in [2.24, 2.45) is 0 Å². The third-order valence-electron chi connectivity index (χ3n) is 3.20. The maximum atomic E-state index is 10.9. The summed E-state index contributed by atoms with van der Waals surface area (Å²) in [5.41, 5.74) is 3.47. The highest BCUT2D eigenvalue weighted by Gasteiger charge is 2.20. The molecule has 0 fully saturated rings. The van der Waals surface area contributed by atoms with Crippen LogP contribution in [-0.2, 0) is 11.5 Å². The van der Waals surface area contributed by atoms with Gasteiger partial charge in [-0.15, -0.1) is 0 Å². The van der Waals surface area contributed by atoms with Crippen molar-refractivity contribution in [3.05, 3.63) is 50.3 Å². The molecule has 0 unspecified atom stereocenters. The molecule has 0 N–H and O–H groups in total. The van der Waals surface area contributed by atoms with Gasteiger partial charge in [-0.1, -0.05) is 17.7 Å². The van der Waals surface area contributed by atoms with E-state index in [1.165, 1.54) is 12.1 Å². The van der Waals surface area contributed by atoms with E-state index >= 15 is 0 Å². The van der Waals surface area contributed by atoms with Gasteiger partial charge in [0.15, 0.2) is 5.82 Å². The third-order valence-corrected chi connectivity index (χ3v) is 4.48. The molecule has 0 atom stereocenters. The van der Waals surface area contributed by atoms with E-state index in [0.29, 0.717) is 16.5 Å². The van der Waals surface area contributed by atoms with Gasteiger partial charge in [0.05, 0.1) is 10.6 Å². The molecule has 0 bridgehead atoms. The summed E-state index contributed by atoms with van der Waals surface area (Å²) in [6.07, 6.45) is 0. The van der Waals surface area contributed by atoms with E-state index in [1.807, 2.05) is 6.92 Å². The van der Waals surface area contributed by atoms with Crippen LogP contribution in [0, 0.1) is 17.0 Å². The van der Waals surface area contributed by atoms with E-state index in [4.69, 9.17) is 11.6 Å². The maximum Gasteiger partial charge on any atom is 0.270 e. The largest absolute Gasteiger partial charge is 0.270 e. The summed E-state index contributed by atoms with van der Waals surface area (Å²) in [6.45, 7) is 1.87.